The Morgan fingerprint density at radius 3 is 1.16 bits per heavy atom. The van der Waals surface area contributed by atoms with Gasteiger partial charge >= 0.3 is 11.9 Å². The van der Waals surface area contributed by atoms with Crippen molar-refractivity contribution < 1.29 is 42.9 Å². The van der Waals surface area contributed by atoms with Gasteiger partial charge in [0.2, 0.25) is 0 Å². The van der Waals surface area contributed by atoms with Crippen LogP contribution in [0.15, 0.2) is 72.9 Å². The van der Waals surface area contributed by atoms with Gasteiger partial charge < -0.3 is 33.3 Å². The van der Waals surface area contributed by atoms with Gasteiger partial charge in [-0.25, -0.2) is 0 Å². The van der Waals surface area contributed by atoms with Crippen molar-refractivity contribution in [1.29, 1.82) is 0 Å². The minimum absolute atomic E-state index is 0.146. The van der Waals surface area contributed by atoms with Crippen molar-refractivity contribution in [3.8, 4) is 0 Å². The molecule has 2 atom stereocenters. The first kappa shape index (κ1) is 70.7. The molecule has 0 aliphatic heterocycles. The van der Waals surface area contributed by atoms with Gasteiger partial charge in [0.15, 0.2) is 12.4 Å². The summed E-state index contributed by atoms with van der Waals surface area (Å²) in [7, 11) is 5.92. The maximum atomic E-state index is 12.9. The Balaban J connectivity index is 4.06. The van der Waals surface area contributed by atoms with Crippen molar-refractivity contribution in [2.45, 2.75) is 277 Å². The van der Waals surface area contributed by atoms with Crippen LogP contribution in [0.5, 0.6) is 0 Å². The number of aliphatic carboxylic acids is 1. The maximum absolute atomic E-state index is 12.9. The Bertz CT molecular complexity index is 1440. The summed E-state index contributed by atoms with van der Waals surface area (Å²) in [6.07, 6.45) is 69.7. The van der Waals surface area contributed by atoms with Crippen molar-refractivity contribution in [1.82, 2.24) is 0 Å². The molecule has 0 spiro atoms. The minimum Gasteiger partial charge on any atom is -0.545 e. The molecular formula is C65H115NO8. The highest BCUT2D eigenvalue weighted by Crippen LogP contribution is 2.17. The number of esters is 2. The highest BCUT2D eigenvalue weighted by molar-refractivity contribution is 5.70. The van der Waals surface area contributed by atoms with Crippen LogP contribution in [-0.4, -0.2) is 82.3 Å². The number of carbonyl (C=O) groups is 3. The van der Waals surface area contributed by atoms with Crippen molar-refractivity contribution >= 4 is 17.9 Å². The van der Waals surface area contributed by atoms with E-state index in [0.717, 1.165) is 83.5 Å². The van der Waals surface area contributed by atoms with Crippen molar-refractivity contribution in [3.63, 3.8) is 0 Å². The average molecular weight is 1040 g/mol. The lowest BCUT2D eigenvalue weighted by atomic mass is 10.0. The molecule has 0 aliphatic carbocycles. The monoisotopic (exact) mass is 1040 g/mol. The lowest BCUT2D eigenvalue weighted by Gasteiger charge is -2.26. The molecule has 0 aromatic heterocycles. The van der Waals surface area contributed by atoms with Crippen molar-refractivity contribution in [2.24, 2.45) is 0 Å². The lowest BCUT2D eigenvalue weighted by Crippen LogP contribution is -2.44. The van der Waals surface area contributed by atoms with Crippen LogP contribution in [0.25, 0.3) is 0 Å². The fourth-order valence-corrected chi connectivity index (χ4v) is 8.50. The predicted molar refractivity (Wildman–Crippen MR) is 311 cm³/mol. The van der Waals surface area contributed by atoms with E-state index in [-0.39, 0.29) is 38.6 Å². The Kier molecular flexibility index (Phi) is 53.5. The number of carboxylic acid groups (broad SMARTS) is 1. The molecule has 0 rings (SSSR count). The minimum atomic E-state index is -1.62. The zero-order valence-electron chi connectivity index (χ0n) is 48.7. The Hall–Kier alpha value is -3.27. The average Bonchev–Trinajstić information content (AvgIpc) is 3.37. The molecule has 74 heavy (non-hydrogen) atoms. The van der Waals surface area contributed by atoms with Crippen LogP contribution < -0.4 is 5.11 Å². The summed E-state index contributed by atoms with van der Waals surface area (Å²) in [5.74, 6) is -2.29. The number of quaternary nitrogens is 1. The third-order valence-electron chi connectivity index (χ3n) is 13.2. The number of carbonyl (C=O) groups excluding carboxylic acids is 3. The molecule has 428 valence electrons. The summed E-state index contributed by atoms with van der Waals surface area (Å²) in [6, 6.07) is 0. The summed E-state index contributed by atoms with van der Waals surface area (Å²) in [5.41, 5.74) is 0. The molecule has 0 saturated heterocycles. The van der Waals surface area contributed by atoms with E-state index in [2.05, 4.69) is 86.8 Å². The second-order valence-corrected chi connectivity index (χ2v) is 21.6. The molecule has 9 heteroatoms. The summed E-state index contributed by atoms with van der Waals surface area (Å²) in [4.78, 5) is 37.2. The molecule has 0 amide bonds. The Morgan fingerprint density at radius 2 is 0.770 bits per heavy atom. The normalized spacial score (nSPS) is 13.3. The van der Waals surface area contributed by atoms with Gasteiger partial charge in [-0.1, -0.05) is 241 Å². The SMILES string of the molecule is CC/C=C\C/C=C\C/C=C\C/C=C\C/C=C\CCCCCCCCCCCCCCCCCCCCCC(=O)OC(COC(=O)CCCCCCC/C=C\CCCCCCC)COC(OCC[N+](C)(C)C)C(=O)[O-]. The number of allylic oxidation sites excluding steroid dienone is 12. The number of carboxylic acids is 1. The number of ether oxygens (including phenoxy) is 4. The summed E-state index contributed by atoms with van der Waals surface area (Å²) in [6.45, 7) is 4.63. The predicted octanol–water partition coefficient (Wildman–Crippen LogP) is 16.8. The van der Waals surface area contributed by atoms with Crippen LogP contribution in [0, 0.1) is 0 Å². The van der Waals surface area contributed by atoms with E-state index < -0.39 is 24.3 Å². The second kappa shape index (κ2) is 55.9. The van der Waals surface area contributed by atoms with E-state index in [4.69, 9.17) is 18.9 Å². The van der Waals surface area contributed by atoms with Gasteiger partial charge in [0.1, 0.15) is 13.2 Å². The molecule has 0 radical (unpaired) electrons. The molecular weight excluding hydrogens is 923 g/mol. The fraction of sp³-hybridized carbons (Fsp3) is 0.769. The topological polar surface area (TPSA) is 111 Å². The van der Waals surface area contributed by atoms with E-state index in [0.29, 0.717) is 17.4 Å². The number of nitrogens with zero attached hydrogens (tertiary/aromatic N) is 1. The number of likely N-dealkylation sites (N-methyl/N-ethyl adjacent to an activating group) is 1. The van der Waals surface area contributed by atoms with Crippen LogP contribution in [-0.2, 0) is 33.3 Å². The zero-order chi connectivity index (χ0) is 54.1. The van der Waals surface area contributed by atoms with Crippen LogP contribution in [0.3, 0.4) is 0 Å². The van der Waals surface area contributed by atoms with Crippen LogP contribution >= 0.6 is 0 Å². The number of hydrogen-bond acceptors (Lipinski definition) is 8. The summed E-state index contributed by atoms with van der Waals surface area (Å²) >= 11 is 0. The molecule has 0 N–H and O–H groups in total. The highest BCUT2D eigenvalue weighted by Gasteiger charge is 2.22. The van der Waals surface area contributed by atoms with Gasteiger partial charge in [-0.2, -0.15) is 0 Å². The quantitative estimate of drug-likeness (QED) is 0.0195. The van der Waals surface area contributed by atoms with E-state index in [1.165, 1.54) is 148 Å². The van der Waals surface area contributed by atoms with Crippen molar-refractivity contribution in [3.05, 3.63) is 72.9 Å². The van der Waals surface area contributed by atoms with Crippen molar-refractivity contribution in [2.75, 3.05) is 47.5 Å². The first-order valence-corrected chi connectivity index (χ1v) is 30.6. The molecule has 0 heterocycles. The third-order valence-corrected chi connectivity index (χ3v) is 13.2. The molecule has 2 unspecified atom stereocenters. The summed E-state index contributed by atoms with van der Waals surface area (Å²) < 4.78 is 22.7. The van der Waals surface area contributed by atoms with E-state index in [1.54, 1.807) is 0 Å². The lowest BCUT2D eigenvalue weighted by molar-refractivity contribution is -0.870. The molecule has 9 nitrogen and oxygen atoms in total. The van der Waals surface area contributed by atoms with Crippen LogP contribution in [0.1, 0.15) is 264 Å². The zero-order valence-corrected chi connectivity index (χ0v) is 48.7. The van der Waals surface area contributed by atoms with Gasteiger partial charge in [0.05, 0.1) is 40.3 Å². The molecule has 0 bridgehead atoms. The van der Waals surface area contributed by atoms with E-state index in [1.807, 2.05) is 21.1 Å². The molecule has 0 aromatic carbocycles. The third kappa shape index (κ3) is 56.5. The van der Waals surface area contributed by atoms with Gasteiger partial charge in [-0.15, -0.1) is 0 Å². The Morgan fingerprint density at radius 1 is 0.419 bits per heavy atom. The highest BCUT2D eigenvalue weighted by atomic mass is 16.7. The van der Waals surface area contributed by atoms with Gasteiger partial charge in [0.25, 0.3) is 0 Å². The first-order chi connectivity index (χ1) is 36.1. The van der Waals surface area contributed by atoms with Crippen LogP contribution in [0.2, 0.25) is 0 Å². The molecule has 0 aromatic rings. The van der Waals surface area contributed by atoms with Crippen LogP contribution in [0.4, 0.5) is 0 Å². The fourth-order valence-electron chi connectivity index (χ4n) is 8.50. The molecule has 0 saturated carbocycles. The van der Waals surface area contributed by atoms with Gasteiger partial charge in [-0.3, -0.25) is 9.59 Å². The maximum Gasteiger partial charge on any atom is 0.306 e. The summed E-state index contributed by atoms with van der Waals surface area (Å²) in [5, 5.41) is 11.8. The first-order valence-electron chi connectivity index (χ1n) is 30.6. The van der Waals surface area contributed by atoms with E-state index in [9.17, 15) is 19.5 Å². The molecule has 0 aliphatic rings. The molecule has 0 fully saturated rings. The second-order valence-electron chi connectivity index (χ2n) is 21.6. The standard InChI is InChI=1S/C65H115NO8/c1-6-8-10-12-14-16-18-20-22-23-24-25-26-27-28-29-30-31-32-33-34-35-36-37-38-39-40-41-42-44-46-48-50-52-54-56-63(68)74-61(60-73-65(64(69)70)71-58-57-66(3,4)5)59-72-62(67)55-53-51-49-47-45-43-21-19-17-15-13-11-9-7-2/h8,10,14,16,19-22,24-25,27-28,61,65H,6-7,9,11-13,15,17-18,23,26,29-60H2,1-5H3/b10-8-,16-14-,21-19-,22-20-,25-24-,28-27-. The Labute approximate surface area is 456 Å². The smallest absolute Gasteiger partial charge is 0.306 e. The van der Waals surface area contributed by atoms with Gasteiger partial charge in [-0.05, 0) is 83.5 Å². The largest absolute Gasteiger partial charge is 0.545 e. The van der Waals surface area contributed by atoms with E-state index >= 15 is 0 Å². The number of rotatable bonds is 56. The number of unbranched alkanes of at least 4 members (excludes halogenated alkanes) is 29. The number of hydrogen-bond donors (Lipinski definition) is 0. The van der Waals surface area contributed by atoms with Gasteiger partial charge in [0, 0.05) is 12.8 Å².